The van der Waals surface area contributed by atoms with Gasteiger partial charge in [-0.3, -0.25) is 9.69 Å². The number of fused-ring (bicyclic) bond motifs is 1. The van der Waals surface area contributed by atoms with Crippen LogP contribution in [0.15, 0.2) is 34.4 Å². The monoisotopic (exact) mass is 341 g/mol. The third-order valence-electron chi connectivity index (χ3n) is 4.44. The minimum atomic E-state index is -0.202. The van der Waals surface area contributed by atoms with E-state index in [-0.39, 0.29) is 17.3 Å². The van der Waals surface area contributed by atoms with E-state index in [2.05, 4.69) is 4.90 Å². The average molecular weight is 341 g/mol. The Balaban J connectivity index is 1.65. The number of carbonyl (C=O) groups is 1. The van der Waals surface area contributed by atoms with Crippen molar-refractivity contribution in [1.82, 2.24) is 4.90 Å². The molecule has 2 aromatic rings. The SMILES string of the molecule is Cc1ccc(/C=C2\Oc3c(ccc(O)c3CN3CCOCC3)C2=O)o1. The molecule has 130 valence electrons. The zero-order valence-electron chi connectivity index (χ0n) is 13.9. The molecule has 1 fully saturated rings. The Bertz CT molecular complexity index is 845. The van der Waals surface area contributed by atoms with Gasteiger partial charge in [-0.25, -0.2) is 0 Å². The second-order valence-electron chi connectivity index (χ2n) is 6.22. The van der Waals surface area contributed by atoms with Crippen LogP contribution in [0.2, 0.25) is 0 Å². The van der Waals surface area contributed by atoms with E-state index in [4.69, 9.17) is 13.9 Å². The molecule has 2 aliphatic rings. The molecule has 0 bridgehead atoms. The number of phenolic OH excluding ortho intramolecular Hbond substituents is 1. The van der Waals surface area contributed by atoms with Crippen LogP contribution in [0, 0.1) is 6.92 Å². The van der Waals surface area contributed by atoms with Gasteiger partial charge in [0, 0.05) is 25.7 Å². The Labute approximate surface area is 145 Å². The summed E-state index contributed by atoms with van der Waals surface area (Å²) in [6, 6.07) is 6.77. The number of ether oxygens (including phenoxy) is 2. The Morgan fingerprint density at radius 1 is 1.20 bits per heavy atom. The predicted octanol–water partition coefficient (Wildman–Crippen LogP) is 2.74. The van der Waals surface area contributed by atoms with Crippen LogP contribution in [0.25, 0.3) is 6.08 Å². The van der Waals surface area contributed by atoms with E-state index in [9.17, 15) is 9.90 Å². The van der Waals surface area contributed by atoms with Crippen LogP contribution in [0.3, 0.4) is 0 Å². The van der Waals surface area contributed by atoms with Gasteiger partial charge in [-0.05, 0) is 31.2 Å². The summed E-state index contributed by atoms with van der Waals surface area (Å²) >= 11 is 0. The molecule has 6 nitrogen and oxygen atoms in total. The molecule has 0 spiro atoms. The molecular weight excluding hydrogens is 322 g/mol. The molecule has 1 saturated heterocycles. The lowest BCUT2D eigenvalue weighted by Crippen LogP contribution is -2.35. The normalized spacial score (nSPS) is 19.2. The number of aryl methyl sites for hydroxylation is 1. The standard InChI is InChI=1S/C19H19NO5/c1-12-2-3-13(24-12)10-17-18(22)14-4-5-16(21)15(19(14)25-17)11-20-6-8-23-9-7-20/h2-5,10,21H,6-9,11H2,1H3/b17-10-. The lowest BCUT2D eigenvalue weighted by Gasteiger charge is -2.27. The number of allylic oxidation sites excluding steroid dienone is 1. The Morgan fingerprint density at radius 3 is 2.72 bits per heavy atom. The van der Waals surface area contributed by atoms with Gasteiger partial charge in [0.1, 0.15) is 23.0 Å². The highest BCUT2D eigenvalue weighted by atomic mass is 16.5. The number of aromatic hydroxyl groups is 1. The van der Waals surface area contributed by atoms with Gasteiger partial charge in [0.15, 0.2) is 5.76 Å². The molecule has 2 aliphatic heterocycles. The van der Waals surface area contributed by atoms with Crippen molar-refractivity contribution >= 4 is 11.9 Å². The van der Waals surface area contributed by atoms with Gasteiger partial charge in [-0.2, -0.15) is 0 Å². The summed E-state index contributed by atoms with van der Waals surface area (Å²) in [5.41, 5.74) is 1.10. The average Bonchev–Trinajstić information content (AvgIpc) is 3.16. The van der Waals surface area contributed by atoms with Crippen molar-refractivity contribution in [1.29, 1.82) is 0 Å². The molecule has 0 amide bonds. The van der Waals surface area contributed by atoms with Crippen LogP contribution in [0.1, 0.15) is 27.4 Å². The van der Waals surface area contributed by atoms with E-state index < -0.39 is 0 Å². The number of carbonyl (C=O) groups excluding carboxylic acids is 1. The molecule has 0 unspecified atom stereocenters. The van der Waals surface area contributed by atoms with Crippen LogP contribution in [-0.4, -0.2) is 42.1 Å². The van der Waals surface area contributed by atoms with E-state index in [0.717, 1.165) is 18.8 Å². The van der Waals surface area contributed by atoms with Gasteiger partial charge >= 0.3 is 0 Å². The van der Waals surface area contributed by atoms with E-state index in [1.165, 1.54) is 0 Å². The van der Waals surface area contributed by atoms with Crippen LogP contribution in [0.4, 0.5) is 0 Å². The number of hydrogen-bond donors (Lipinski definition) is 1. The lowest BCUT2D eigenvalue weighted by molar-refractivity contribution is 0.0336. The zero-order valence-corrected chi connectivity index (χ0v) is 13.9. The van der Waals surface area contributed by atoms with E-state index in [1.807, 2.05) is 13.0 Å². The summed E-state index contributed by atoms with van der Waals surface area (Å²) in [7, 11) is 0. The van der Waals surface area contributed by atoms with Crippen molar-refractivity contribution in [3.8, 4) is 11.5 Å². The van der Waals surface area contributed by atoms with E-state index in [0.29, 0.717) is 42.4 Å². The number of hydrogen-bond acceptors (Lipinski definition) is 6. The lowest BCUT2D eigenvalue weighted by atomic mass is 10.0. The molecule has 0 radical (unpaired) electrons. The first-order valence-corrected chi connectivity index (χ1v) is 8.27. The Morgan fingerprint density at radius 2 is 2.00 bits per heavy atom. The van der Waals surface area contributed by atoms with Crippen LogP contribution < -0.4 is 4.74 Å². The predicted molar refractivity (Wildman–Crippen MR) is 90.6 cm³/mol. The summed E-state index contributed by atoms with van der Waals surface area (Å²) in [5.74, 6) is 1.90. The summed E-state index contributed by atoms with van der Waals surface area (Å²) in [6.45, 7) is 5.25. The summed E-state index contributed by atoms with van der Waals surface area (Å²) in [5, 5.41) is 10.3. The molecule has 4 rings (SSSR count). The van der Waals surface area contributed by atoms with E-state index >= 15 is 0 Å². The highest BCUT2D eigenvalue weighted by Gasteiger charge is 2.32. The molecule has 0 aliphatic carbocycles. The fraction of sp³-hybridized carbons (Fsp3) is 0.316. The van der Waals surface area contributed by atoms with Crippen molar-refractivity contribution in [3.05, 3.63) is 52.7 Å². The van der Waals surface area contributed by atoms with Gasteiger partial charge in [-0.1, -0.05) is 0 Å². The van der Waals surface area contributed by atoms with Crippen molar-refractivity contribution in [2.24, 2.45) is 0 Å². The fourth-order valence-electron chi connectivity index (χ4n) is 3.09. The smallest absolute Gasteiger partial charge is 0.232 e. The fourth-order valence-corrected chi connectivity index (χ4v) is 3.09. The molecule has 1 aromatic heterocycles. The van der Waals surface area contributed by atoms with Gasteiger partial charge in [0.25, 0.3) is 0 Å². The van der Waals surface area contributed by atoms with E-state index in [1.54, 1.807) is 24.3 Å². The Hall–Kier alpha value is -2.57. The highest BCUT2D eigenvalue weighted by Crippen LogP contribution is 2.40. The zero-order chi connectivity index (χ0) is 17.4. The third-order valence-corrected chi connectivity index (χ3v) is 4.44. The molecule has 1 N–H and O–H groups in total. The van der Waals surface area contributed by atoms with Crippen LogP contribution in [-0.2, 0) is 11.3 Å². The van der Waals surface area contributed by atoms with Crippen molar-refractivity contribution < 1.29 is 23.8 Å². The molecule has 6 heteroatoms. The second-order valence-corrected chi connectivity index (χ2v) is 6.22. The molecule has 25 heavy (non-hydrogen) atoms. The number of benzene rings is 1. The second kappa shape index (κ2) is 6.38. The maximum Gasteiger partial charge on any atom is 0.232 e. The largest absolute Gasteiger partial charge is 0.507 e. The third kappa shape index (κ3) is 3.06. The topological polar surface area (TPSA) is 72.1 Å². The number of nitrogens with zero attached hydrogens (tertiary/aromatic N) is 1. The number of rotatable bonds is 3. The summed E-state index contributed by atoms with van der Waals surface area (Å²) in [4.78, 5) is 14.8. The number of phenols is 1. The summed E-state index contributed by atoms with van der Waals surface area (Å²) in [6.07, 6.45) is 1.59. The molecular formula is C19H19NO5. The number of morpholine rings is 1. The minimum Gasteiger partial charge on any atom is -0.507 e. The van der Waals surface area contributed by atoms with Gasteiger partial charge < -0.3 is 19.0 Å². The quantitative estimate of drug-likeness (QED) is 0.866. The number of Topliss-reactive ketones (excluding diaryl/α,β-unsaturated/α-hetero) is 1. The first-order chi connectivity index (χ1) is 12.1. The number of furan rings is 1. The summed E-state index contributed by atoms with van der Waals surface area (Å²) < 4.78 is 16.7. The molecule has 0 saturated carbocycles. The molecule has 1 aromatic carbocycles. The Kier molecular flexibility index (Phi) is 4.07. The van der Waals surface area contributed by atoms with Gasteiger partial charge in [-0.15, -0.1) is 0 Å². The van der Waals surface area contributed by atoms with Gasteiger partial charge in [0.05, 0.1) is 24.3 Å². The first kappa shape index (κ1) is 15.9. The van der Waals surface area contributed by atoms with Crippen LogP contribution in [0.5, 0.6) is 11.5 Å². The maximum absolute atomic E-state index is 12.6. The highest BCUT2D eigenvalue weighted by molar-refractivity contribution is 6.14. The molecule has 0 atom stereocenters. The number of ketones is 1. The van der Waals surface area contributed by atoms with Crippen molar-refractivity contribution in [2.75, 3.05) is 26.3 Å². The van der Waals surface area contributed by atoms with Gasteiger partial charge in [0.2, 0.25) is 5.78 Å². The first-order valence-electron chi connectivity index (χ1n) is 8.27. The van der Waals surface area contributed by atoms with Crippen molar-refractivity contribution in [2.45, 2.75) is 13.5 Å². The van der Waals surface area contributed by atoms with Crippen molar-refractivity contribution in [3.63, 3.8) is 0 Å². The maximum atomic E-state index is 12.6. The van der Waals surface area contributed by atoms with Crippen LogP contribution >= 0.6 is 0 Å². The minimum absolute atomic E-state index is 0.133. The molecule has 3 heterocycles.